The van der Waals surface area contributed by atoms with Crippen molar-refractivity contribution in [3.8, 4) is 0 Å². The lowest BCUT2D eigenvalue weighted by Crippen LogP contribution is -2.47. The zero-order valence-corrected chi connectivity index (χ0v) is 15.5. The molecule has 2 fully saturated rings. The quantitative estimate of drug-likeness (QED) is 0.731. The third kappa shape index (κ3) is 3.31. The molecule has 1 amide bonds. The van der Waals surface area contributed by atoms with Gasteiger partial charge < -0.3 is 4.90 Å². The zero-order valence-electron chi connectivity index (χ0n) is 14.7. The minimum atomic E-state index is -3.19. The summed E-state index contributed by atoms with van der Waals surface area (Å²) < 4.78 is 26.4. The van der Waals surface area contributed by atoms with E-state index in [-0.39, 0.29) is 23.0 Å². The summed E-state index contributed by atoms with van der Waals surface area (Å²) in [6.45, 7) is 5.58. The van der Waals surface area contributed by atoms with Gasteiger partial charge in [-0.3, -0.25) is 4.79 Å². The number of likely N-dealkylation sites (tertiary alicyclic amines) is 1. The monoisotopic (exact) mass is 352 g/mol. The SMILES string of the molecule is CC(C)CS(=O)(=O)N1CCC2(CCN(C3=CCC=CC3)C2=O)CC1. The van der Waals surface area contributed by atoms with E-state index < -0.39 is 10.0 Å². The summed E-state index contributed by atoms with van der Waals surface area (Å²) in [5.41, 5.74) is 0.778. The summed E-state index contributed by atoms with van der Waals surface area (Å²) in [6, 6.07) is 0. The van der Waals surface area contributed by atoms with Crippen LogP contribution in [-0.4, -0.2) is 48.9 Å². The number of piperidine rings is 1. The first-order valence-electron chi connectivity index (χ1n) is 8.98. The summed E-state index contributed by atoms with van der Waals surface area (Å²) in [4.78, 5) is 15.0. The maximum Gasteiger partial charge on any atom is 0.233 e. The van der Waals surface area contributed by atoms with Gasteiger partial charge in [0.05, 0.1) is 11.2 Å². The number of nitrogens with zero attached hydrogens (tertiary/aromatic N) is 2. The third-order valence-corrected chi connectivity index (χ3v) is 7.70. The smallest absolute Gasteiger partial charge is 0.233 e. The van der Waals surface area contributed by atoms with Crippen molar-refractivity contribution in [3.05, 3.63) is 23.9 Å². The van der Waals surface area contributed by atoms with Crippen molar-refractivity contribution in [2.75, 3.05) is 25.4 Å². The van der Waals surface area contributed by atoms with Gasteiger partial charge in [-0.05, 0) is 31.6 Å². The van der Waals surface area contributed by atoms with E-state index in [4.69, 9.17) is 0 Å². The maximum absolute atomic E-state index is 13.0. The molecule has 3 rings (SSSR count). The van der Waals surface area contributed by atoms with Crippen LogP contribution in [0.2, 0.25) is 0 Å². The van der Waals surface area contributed by atoms with Gasteiger partial charge in [0.2, 0.25) is 15.9 Å². The lowest BCUT2D eigenvalue weighted by molar-refractivity contribution is -0.136. The lowest BCUT2D eigenvalue weighted by Gasteiger charge is -2.37. The second-order valence-corrected chi connectivity index (χ2v) is 9.68. The molecule has 3 aliphatic rings. The number of carbonyl (C=O) groups is 1. The molecule has 0 N–H and O–H groups in total. The number of rotatable bonds is 4. The minimum absolute atomic E-state index is 0.126. The molecule has 0 aromatic carbocycles. The molecule has 5 nitrogen and oxygen atoms in total. The number of sulfonamides is 1. The molecule has 24 heavy (non-hydrogen) atoms. The van der Waals surface area contributed by atoms with Crippen molar-refractivity contribution in [3.63, 3.8) is 0 Å². The predicted molar refractivity (Wildman–Crippen MR) is 94.7 cm³/mol. The fourth-order valence-corrected chi connectivity index (χ4v) is 5.88. The van der Waals surface area contributed by atoms with Gasteiger partial charge in [0.25, 0.3) is 0 Å². The highest BCUT2D eigenvalue weighted by atomic mass is 32.2. The molecule has 0 aromatic heterocycles. The highest BCUT2D eigenvalue weighted by Gasteiger charge is 2.49. The number of amides is 1. The Labute approximate surface area is 145 Å². The Morgan fingerprint density at radius 1 is 1.12 bits per heavy atom. The molecule has 0 bridgehead atoms. The molecule has 0 unspecified atom stereocenters. The summed E-state index contributed by atoms with van der Waals surface area (Å²) in [5.74, 6) is 0.532. The van der Waals surface area contributed by atoms with Crippen molar-refractivity contribution >= 4 is 15.9 Å². The standard InChI is InChI=1S/C18H28N2O3S/c1-15(2)14-24(22,23)19-11-8-18(9-12-19)10-13-20(17(18)21)16-6-4-3-5-7-16/h3-4,7,15H,5-6,8-14H2,1-2H3. The van der Waals surface area contributed by atoms with Gasteiger partial charge in [-0.1, -0.05) is 32.1 Å². The van der Waals surface area contributed by atoms with E-state index >= 15 is 0 Å². The van der Waals surface area contributed by atoms with Crippen LogP contribution in [0, 0.1) is 11.3 Å². The van der Waals surface area contributed by atoms with E-state index in [1.54, 1.807) is 4.31 Å². The van der Waals surface area contributed by atoms with Crippen LogP contribution < -0.4 is 0 Å². The van der Waals surface area contributed by atoms with E-state index in [9.17, 15) is 13.2 Å². The van der Waals surface area contributed by atoms with Crippen molar-refractivity contribution in [1.29, 1.82) is 0 Å². The third-order valence-electron chi connectivity index (χ3n) is 5.46. The summed E-state index contributed by atoms with van der Waals surface area (Å²) in [5, 5.41) is 0. The van der Waals surface area contributed by atoms with E-state index in [1.807, 2.05) is 18.7 Å². The molecule has 2 aliphatic heterocycles. The molecule has 1 aliphatic carbocycles. The van der Waals surface area contributed by atoms with Crippen LogP contribution in [-0.2, 0) is 14.8 Å². The lowest BCUT2D eigenvalue weighted by atomic mass is 9.77. The molecule has 2 saturated heterocycles. The van der Waals surface area contributed by atoms with E-state index in [0.717, 1.165) is 31.5 Å². The molecule has 0 aromatic rings. The molecular formula is C18H28N2O3S. The molecule has 0 atom stereocenters. The minimum Gasteiger partial charge on any atom is -0.316 e. The normalized spacial score (nSPS) is 24.9. The largest absolute Gasteiger partial charge is 0.316 e. The average molecular weight is 353 g/mol. The van der Waals surface area contributed by atoms with Crippen LogP contribution in [0.5, 0.6) is 0 Å². The summed E-state index contributed by atoms with van der Waals surface area (Å²) >= 11 is 0. The Morgan fingerprint density at radius 3 is 2.38 bits per heavy atom. The summed E-state index contributed by atoms with van der Waals surface area (Å²) in [6.07, 6.45) is 10.3. The van der Waals surface area contributed by atoms with Crippen molar-refractivity contribution in [2.45, 2.75) is 46.0 Å². The number of allylic oxidation sites excluding steroid dienone is 3. The zero-order chi connectivity index (χ0) is 17.4. The van der Waals surface area contributed by atoms with Crippen LogP contribution in [0.15, 0.2) is 23.9 Å². The van der Waals surface area contributed by atoms with Crippen LogP contribution in [0.3, 0.4) is 0 Å². The van der Waals surface area contributed by atoms with Crippen LogP contribution in [0.1, 0.15) is 46.0 Å². The van der Waals surface area contributed by atoms with Crippen LogP contribution in [0.4, 0.5) is 0 Å². The molecule has 0 saturated carbocycles. The summed E-state index contributed by atoms with van der Waals surface area (Å²) in [7, 11) is -3.19. The van der Waals surface area contributed by atoms with Gasteiger partial charge in [-0.15, -0.1) is 0 Å². The maximum atomic E-state index is 13.0. The first-order chi connectivity index (χ1) is 11.3. The Balaban J connectivity index is 1.66. The number of carbonyl (C=O) groups excluding carboxylic acids is 1. The van der Waals surface area contributed by atoms with Gasteiger partial charge in [0.1, 0.15) is 0 Å². The highest BCUT2D eigenvalue weighted by molar-refractivity contribution is 7.89. The van der Waals surface area contributed by atoms with E-state index in [1.165, 1.54) is 0 Å². The van der Waals surface area contributed by atoms with Gasteiger partial charge >= 0.3 is 0 Å². The molecule has 0 radical (unpaired) electrons. The topological polar surface area (TPSA) is 57.7 Å². The molecule has 134 valence electrons. The van der Waals surface area contributed by atoms with Gasteiger partial charge in [-0.2, -0.15) is 0 Å². The van der Waals surface area contributed by atoms with E-state index in [2.05, 4.69) is 18.2 Å². The Bertz CT molecular complexity index is 656. The van der Waals surface area contributed by atoms with E-state index in [0.29, 0.717) is 25.9 Å². The first kappa shape index (κ1) is 17.7. The Morgan fingerprint density at radius 2 is 1.79 bits per heavy atom. The Hall–Kier alpha value is -1.14. The second kappa shape index (κ2) is 6.64. The molecule has 1 spiro atoms. The van der Waals surface area contributed by atoms with Crippen molar-refractivity contribution in [2.24, 2.45) is 11.3 Å². The van der Waals surface area contributed by atoms with Gasteiger partial charge in [-0.25, -0.2) is 12.7 Å². The molecule has 2 heterocycles. The fraction of sp³-hybridized carbons (Fsp3) is 0.722. The van der Waals surface area contributed by atoms with Gasteiger partial charge in [0.15, 0.2) is 0 Å². The van der Waals surface area contributed by atoms with Crippen molar-refractivity contribution < 1.29 is 13.2 Å². The van der Waals surface area contributed by atoms with Crippen molar-refractivity contribution in [1.82, 2.24) is 9.21 Å². The van der Waals surface area contributed by atoms with Crippen LogP contribution in [0.25, 0.3) is 0 Å². The second-order valence-electron chi connectivity index (χ2n) is 7.67. The molecule has 6 heteroatoms. The van der Waals surface area contributed by atoms with Gasteiger partial charge in [0, 0.05) is 31.8 Å². The number of hydrogen-bond donors (Lipinski definition) is 0. The first-order valence-corrected chi connectivity index (χ1v) is 10.6. The predicted octanol–water partition coefficient (Wildman–Crippen LogP) is 2.52. The fourth-order valence-electron chi connectivity index (χ4n) is 4.09. The number of hydrogen-bond acceptors (Lipinski definition) is 3. The highest BCUT2D eigenvalue weighted by Crippen LogP contribution is 2.43. The Kier molecular flexibility index (Phi) is 4.89. The average Bonchev–Trinajstić information content (AvgIpc) is 2.84. The van der Waals surface area contributed by atoms with Crippen LogP contribution >= 0.6 is 0 Å². The molecular weight excluding hydrogens is 324 g/mol.